The van der Waals surface area contributed by atoms with Gasteiger partial charge in [-0.15, -0.1) is 0 Å². The highest BCUT2D eigenvalue weighted by molar-refractivity contribution is 6.30. The predicted molar refractivity (Wildman–Crippen MR) is 110 cm³/mol. The van der Waals surface area contributed by atoms with Gasteiger partial charge in [-0.25, -0.2) is 0 Å². The summed E-state index contributed by atoms with van der Waals surface area (Å²) in [6.07, 6.45) is -1.90. The number of alkyl halides is 2. The first-order valence-electron chi connectivity index (χ1n) is 11.0. The molecule has 0 aromatic heterocycles. The van der Waals surface area contributed by atoms with E-state index in [1.165, 1.54) is 30.3 Å². The molecule has 4 amide bonds. The molecule has 2 aromatic carbocycles. The second-order valence-corrected chi connectivity index (χ2v) is 7.70. The van der Waals surface area contributed by atoms with E-state index in [2.05, 4.69) is 0 Å². The van der Waals surface area contributed by atoms with E-state index in [0.29, 0.717) is 5.56 Å². The minimum atomic E-state index is -3.97. The molecule has 2 aliphatic rings. The number of hydrogen-bond donors (Lipinski definition) is 2. The Morgan fingerprint density at radius 2 is 2.00 bits per heavy atom. The third-order valence-corrected chi connectivity index (χ3v) is 5.41. The van der Waals surface area contributed by atoms with Crippen LogP contribution in [0.3, 0.4) is 0 Å². The van der Waals surface area contributed by atoms with Crippen molar-refractivity contribution in [3.8, 4) is 0 Å². The standard InChI is InChI=1S/C22H18ClF2N3O4/c23-15-4-2-14(3-5-15)22(24,25)21(32)26-10-12-1-6-16-13(9-12)11-28(20(16)31)17-7-8-18(29)27-19(17)30/h1-6,9,17H,7-8,10-11H2,(H,26,32)(H,27,29,30)/t17-/m1/s1/i8D,17D/hD/t8?,17-. The number of imide groups is 1. The Bertz CT molecular complexity index is 1250. The average Bonchev–Trinajstić information content (AvgIpc) is 3.14. The number of fused-ring (bicyclic) bond motifs is 1. The molecule has 10 heteroatoms. The topological polar surface area (TPSA) is 95.6 Å². The number of nitrogens with one attached hydrogen (secondary N) is 2. The molecule has 0 radical (unpaired) electrons. The van der Waals surface area contributed by atoms with Crippen LogP contribution in [0.1, 0.15) is 42.6 Å². The summed E-state index contributed by atoms with van der Waals surface area (Å²) < 4.78 is 53.3. The van der Waals surface area contributed by atoms with Gasteiger partial charge in [-0.3, -0.25) is 24.5 Å². The Labute approximate surface area is 191 Å². The maximum Gasteiger partial charge on any atom is 0.349 e. The van der Waals surface area contributed by atoms with Crippen LogP contribution in [-0.4, -0.2) is 34.5 Å². The predicted octanol–water partition coefficient (Wildman–Crippen LogP) is 2.51. The van der Waals surface area contributed by atoms with E-state index >= 15 is 0 Å². The highest BCUT2D eigenvalue weighted by Gasteiger charge is 2.41. The number of piperidine rings is 1. The zero-order valence-corrected chi connectivity index (χ0v) is 17.2. The lowest BCUT2D eigenvalue weighted by atomic mass is 10.0. The van der Waals surface area contributed by atoms with Crippen molar-refractivity contribution in [1.29, 1.82) is 0 Å². The molecule has 1 saturated heterocycles. The fourth-order valence-electron chi connectivity index (χ4n) is 3.49. The van der Waals surface area contributed by atoms with Crippen molar-refractivity contribution in [2.45, 2.75) is 37.8 Å². The van der Waals surface area contributed by atoms with Gasteiger partial charge in [0.05, 0.1) is 1.37 Å². The molecule has 32 heavy (non-hydrogen) atoms. The number of nitrogens with zero attached hydrogens (tertiary/aromatic N) is 1. The Kier molecular flexibility index (Phi) is 4.74. The fourth-order valence-corrected chi connectivity index (χ4v) is 3.61. The molecular formula is C22H18ClF2N3O4. The first kappa shape index (κ1) is 18.3. The van der Waals surface area contributed by atoms with Crippen LogP contribution in [0.4, 0.5) is 8.78 Å². The van der Waals surface area contributed by atoms with Crippen molar-refractivity contribution in [1.82, 2.24) is 15.5 Å². The van der Waals surface area contributed by atoms with Gasteiger partial charge >= 0.3 is 5.92 Å². The molecular weight excluding hydrogens is 444 g/mol. The monoisotopic (exact) mass is 464 g/mol. The van der Waals surface area contributed by atoms with Crippen LogP contribution >= 0.6 is 11.6 Å². The molecule has 2 aromatic rings. The Morgan fingerprint density at radius 3 is 2.72 bits per heavy atom. The van der Waals surface area contributed by atoms with Gasteiger partial charge in [-0.2, -0.15) is 8.78 Å². The van der Waals surface area contributed by atoms with E-state index in [1.54, 1.807) is 0 Å². The normalized spacial score (nSPS) is 24.3. The second kappa shape index (κ2) is 8.31. The van der Waals surface area contributed by atoms with E-state index in [9.17, 15) is 28.0 Å². The lowest BCUT2D eigenvalue weighted by molar-refractivity contribution is -0.147. The number of rotatable bonds is 5. The summed E-state index contributed by atoms with van der Waals surface area (Å²) in [5.74, 6) is -8.24. The molecule has 4 rings (SSSR count). The molecule has 2 N–H and O–H groups in total. The van der Waals surface area contributed by atoms with Crippen LogP contribution in [0, 0.1) is 0 Å². The van der Waals surface area contributed by atoms with Crippen molar-refractivity contribution in [3.63, 3.8) is 0 Å². The lowest BCUT2D eigenvalue weighted by Gasteiger charge is -2.29. The molecule has 166 valence electrons. The van der Waals surface area contributed by atoms with Crippen LogP contribution in [0.25, 0.3) is 0 Å². The number of halogens is 3. The van der Waals surface area contributed by atoms with Crippen LogP contribution in [0.5, 0.6) is 0 Å². The van der Waals surface area contributed by atoms with Crippen LogP contribution in [0.2, 0.25) is 6.43 Å². The maximum atomic E-state index is 14.6. The molecule has 2 heterocycles. The molecule has 7 nitrogen and oxygen atoms in total. The SMILES string of the molecule is [2H]C1C[C@@]([2H])(N2Cc3cc(CN([2H])C(=O)C(F)(F)c4ccc(Cl)cc4)ccc3C2=O)C(=O)NC1=O. The van der Waals surface area contributed by atoms with Gasteiger partial charge < -0.3 is 10.2 Å². The minimum absolute atomic E-state index is 0.113. The maximum absolute atomic E-state index is 14.6. The van der Waals surface area contributed by atoms with E-state index in [0.717, 1.165) is 17.0 Å². The molecule has 0 bridgehead atoms. The minimum Gasteiger partial charge on any atom is -0.346 e. The van der Waals surface area contributed by atoms with Gasteiger partial charge in [0.1, 0.15) is 6.02 Å². The quantitative estimate of drug-likeness (QED) is 0.665. The van der Waals surface area contributed by atoms with Gasteiger partial charge in [-0.1, -0.05) is 35.9 Å². The largest absolute Gasteiger partial charge is 0.349 e. The van der Waals surface area contributed by atoms with Crippen LogP contribution < -0.4 is 10.6 Å². The van der Waals surface area contributed by atoms with Crippen molar-refractivity contribution < 1.29 is 32.1 Å². The Morgan fingerprint density at radius 1 is 1.28 bits per heavy atom. The zero-order valence-electron chi connectivity index (χ0n) is 19.4. The molecule has 1 unspecified atom stereocenters. The molecule has 0 aliphatic carbocycles. The summed E-state index contributed by atoms with van der Waals surface area (Å²) in [5, 5.41) is 2.26. The van der Waals surface area contributed by atoms with Crippen molar-refractivity contribution >= 4 is 35.2 Å². The summed E-state index contributed by atoms with van der Waals surface area (Å²) in [6, 6.07) is 6.40. The highest BCUT2D eigenvalue weighted by Crippen LogP contribution is 2.30. The van der Waals surface area contributed by atoms with Gasteiger partial charge in [0.15, 0.2) is 1.41 Å². The highest BCUT2D eigenvalue weighted by atomic mass is 35.5. The zero-order chi connectivity index (χ0) is 25.7. The second-order valence-electron chi connectivity index (χ2n) is 7.26. The molecule has 0 saturated carbocycles. The van der Waals surface area contributed by atoms with Gasteiger partial charge in [0, 0.05) is 37.0 Å². The van der Waals surface area contributed by atoms with Gasteiger partial charge in [0.25, 0.3) is 11.8 Å². The van der Waals surface area contributed by atoms with E-state index in [1.807, 2.05) is 5.32 Å². The molecule has 2 aliphatic heterocycles. The number of benzene rings is 2. The number of carbonyl (C=O) groups excluding carboxylic acids is 4. The van der Waals surface area contributed by atoms with Crippen LogP contribution in [0.15, 0.2) is 42.5 Å². The molecule has 1 fully saturated rings. The average molecular weight is 465 g/mol. The van der Waals surface area contributed by atoms with Crippen LogP contribution in [-0.2, 0) is 33.4 Å². The third kappa shape index (κ3) is 4.08. The number of amides is 4. The van der Waals surface area contributed by atoms with E-state index in [-0.39, 0.29) is 28.0 Å². The van der Waals surface area contributed by atoms with Gasteiger partial charge in [0.2, 0.25) is 11.8 Å². The van der Waals surface area contributed by atoms with Crippen molar-refractivity contribution in [3.05, 3.63) is 69.7 Å². The summed E-state index contributed by atoms with van der Waals surface area (Å²) in [5.41, 5.74) is 0.169. The third-order valence-electron chi connectivity index (χ3n) is 5.16. The Balaban J connectivity index is 1.51. The smallest absolute Gasteiger partial charge is 0.346 e. The first-order chi connectivity index (χ1) is 16.3. The van der Waals surface area contributed by atoms with Crippen molar-refractivity contribution in [2.75, 3.05) is 0 Å². The van der Waals surface area contributed by atoms with E-state index < -0.39 is 60.5 Å². The summed E-state index contributed by atoms with van der Waals surface area (Å²) in [4.78, 5) is 50.0. The lowest BCUT2D eigenvalue weighted by Crippen LogP contribution is -2.52. The fraction of sp³-hybridized carbons (Fsp3) is 0.273. The van der Waals surface area contributed by atoms with Crippen molar-refractivity contribution in [2.24, 2.45) is 0 Å². The molecule has 0 spiro atoms. The number of carbonyl (C=O) groups is 4. The Hall–Kier alpha value is -3.33. The first-order valence-corrected chi connectivity index (χ1v) is 9.88. The van der Waals surface area contributed by atoms with Gasteiger partial charge in [-0.05, 0) is 35.7 Å². The number of hydrogen-bond acceptors (Lipinski definition) is 4. The summed E-state index contributed by atoms with van der Waals surface area (Å²) in [6.45, 7) is -0.716. The summed E-state index contributed by atoms with van der Waals surface area (Å²) in [7, 11) is 0. The van der Waals surface area contributed by atoms with E-state index in [4.69, 9.17) is 15.8 Å². The summed E-state index contributed by atoms with van der Waals surface area (Å²) >= 11 is 5.70. The molecule has 2 atom stereocenters.